The molecule has 0 radical (unpaired) electrons. The summed E-state index contributed by atoms with van der Waals surface area (Å²) in [4.78, 5) is 11.3. The standard InChI is InChI=1S/C23H29N9/c1-13-6-20(30-32-12-16(4)28-23(13)32)29-22(25)21-17(9-24)7-18(8-19(21)26-5)31-10-14(2)27-15(3)11-31/h6-8,12,14-15,26-27H,10-11H2,1-5H3,(H2,25,29,30). The molecule has 2 unspecified atom stereocenters. The zero-order chi connectivity index (χ0) is 23.0. The summed E-state index contributed by atoms with van der Waals surface area (Å²) in [7, 11) is 1.82. The number of fused-ring (bicyclic) bond motifs is 1. The zero-order valence-corrected chi connectivity index (χ0v) is 19.1. The number of amidine groups is 1. The number of nitrogens with one attached hydrogen (secondary N) is 2. The van der Waals surface area contributed by atoms with E-state index in [1.807, 2.05) is 45.3 Å². The Morgan fingerprint density at radius 3 is 2.62 bits per heavy atom. The Bertz CT molecular complexity index is 1220. The maximum atomic E-state index is 9.92. The lowest BCUT2D eigenvalue weighted by Crippen LogP contribution is -2.54. The molecule has 166 valence electrons. The Morgan fingerprint density at radius 2 is 1.97 bits per heavy atom. The molecule has 2 aromatic heterocycles. The molecule has 9 heteroatoms. The largest absolute Gasteiger partial charge is 0.387 e. The molecule has 1 aromatic carbocycles. The molecule has 0 saturated carbocycles. The Morgan fingerprint density at radius 1 is 1.25 bits per heavy atom. The molecule has 3 aromatic rings. The Kier molecular flexibility index (Phi) is 5.72. The number of hydrogen-bond donors (Lipinski definition) is 3. The van der Waals surface area contributed by atoms with Crippen molar-refractivity contribution >= 4 is 28.7 Å². The maximum Gasteiger partial charge on any atom is 0.175 e. The fourth-order valence-electron chi connectivity index (χ4n) is 4.37. The van der Waals surface area contributed by atoms with Gasteiger partial charge in [-0.2, -0.15) is 5.26 Å². The molecule has 0 amide bonds. The van der Waals surface area contributed by atoms with E-state index in [9.17, 15) is 5.26 Å². The van der Waals surface area contributed by atoms with Crippen LogP contribution in [-0.4, -0.2) is 52.7 Å². The first-order valence-electron chi connectivity index (χ1n) is 10.7. The van der Waals surface area contributed by atoms with Crippen LogP contribution in [0.2, 0.25) is 0 Å². The summed E-state index contributed by atoms with van der Waals surface area (Å²) in [6, 6.07) is 8.81. The molecule has 32 heavy (non-hydrogen) atoms. The highest BCUT2D eigenvalue weighted by atomic mass is 15.3. The van der Waals surface area contributed by atoms with Gasteiger partial charge in [-0.15, -0.1) is 5.10 Å². The van der Waals surface area contributed by atoms with E-state index in [0.717, 1.165) is 41.4 Å². The van der Waals surface area contributed by atoms with Gasteiger partial charge in [-0.05, 0) is 51.5 Å². The zero-order valence-electron chi connectivity index (χ0n) is 19.1. The average molecular weight is 432 g/mol. The minimum Gasteiger partial charge on any atom is -0.387 e. The second-order valence-corrected chi connectivity index (χ2v) is 8.48. The van der Waals surface area contributed by atoms with Crippen LogP contribution in [0.1, 0.15) is 36.2 Å². The van der Waals surface area contributed by atoms with E-state index >= 15 is 0 Å². The van der Waals surface area contributed by atoms with Gasteiger partial charge >= 0.3 is 0 Å². The molecule has 1 aliphatic rings. The minimum atomic E-state index is 0.239. The third-order valence-corrected chi connectivity index (χ3v) is 5.64. The van der Waals surface area contributed by atoms with Crippen molar-refractivity contribution < 1.29 is 0 Å². The van der Waals surface area contributed by atoms with Crippen molar-refractivity contribution in [2.24, 2.45) is 10.7 Å². The molecule has 4 N–H and O–H groups in total. The number of anilines is 2. The van der Waals surface area contributed by atoms with Crippen molar-refractivity contribution in [2.75, 3.05) is 30.4 Å². The van der Waals surface area contributed by atoms with E-state index in [0.29, 0.717) is 29.0 Å². The second-order valence-electron chi connectivity index (χ2n) is 8.48. The summed E-state index contributed by atoms with van der Waals surface area (Å²) in [5.41, 5.74) is 11.8. The van der Waals surface area contributed by atoms with Crippen LogP contribution in [0.25, 0.3) is 5.65 Å². The van der Waals surface area contributed by atoms with Crippen LogP contribution in [0, 0.1) is 25.2 Å². The highest BCUT2D eigenvalue weighted by Crippen LogP contribution is 2.29. The van der Waals surface area contributed by atoms with Crippen LogP contribution in [0.5, 0.6) is 0 Å². The summed E-state index contributed by atoms with van der Waals surface area (Å²) in [5.74, 6) is 0.701. The minimum absolute atomic E-state index is 0.239. The summed E-state index contributed by atoms with van der Waals surface area (Å²) < 4.78 is 1.71. The quantitative estimate of drug-likeness (QED) is 0.429. The van der Waals surface area contributed by atoms with E-state index in [-0.39, 0.29) is 5.84 Å². The molecule has 0 aliphatic carbocycles. The molecule has 9 nitrogen and oxygen atoms in total. The monoisotopic (exact) mass is 431 g/mol. The first-order valence-corrected chi connectivity index (χ1v) is 10.7. The van der Waals surface area contributed by atoms with E-state index in [1.54, 1.807) is 4.52 Å². The number of piperazine rings is 1. The molecular weight excluding hydrogens is 402 g/mol. The molecule has 0 spiro atoms. The predicted octanol–water partition coefficient (Wildman–Crippen LogP) is 2.48. The van der Waals surface area contributed by atoms with Crippen LogP contribution in [0.15, 0.2) is 29.4 Å². The lowest BCUT2D eigenvalue weighted by molar-refractivity contribution is 0.407. The molecule has 2 atom stereocenters. The van der Waals surface area contributed by atoms with Crippen LogP contribution in [-0.2, 0) is 0 Å². The third-order valence-electron chi connectivity index (χ3n) is 5.64. The number of imidazole rings is 1. The lowest BCUT2D eigenvalue weighted by atomic mass is 10.0. The van der Waals surface area contributed by atoms with Crippen molar-refractivity contribution in [1.29, 1.82) is 5.26 Å². The van der Waals surface area contributed by atoms with Crippen LogP contribution < -0.4 is 21.3 Å². The smallest absolute Gasteiger partial charge is 0.175 e. The van der Waals surface area contributed by atoms with Gasteiger partial charge in [0.15, 0.2) is 11.5 Å². The molecule has 4 rings (SSSR count). The Hall–Kier alpha value is -3.64. The van der Waals surface area contributed by atoms with Gasteiger partial charge in [-0.1, -0.05) is 0 Å². The number of aliphatic imine (C=N–C) groups is 1. The number of nitrogens with two attached hydrogens (primary N) is 1. The van der Waals surface area contributed by atoms with Crippen molar-refractivity contribution in [2.45, 2.75) is 39.8 Å². The second kappa shape index (κ2) is 8.48. The number of nitrogens with zero attached hydrogens (tertiary/aromatic N) is 6. The fraction of sp³-hybridized carbons (Fsp3) is 0.391. The summed E-state index contributed by atoms with van der Waals surface area (Å²) in [6.07, 6.45) is 1.85. The van der Waals surface area contributed by atoms with E-state index < -0.39 is 0 Å². The van der Waals surface area contributed by atoms with Crippen LogP contribution in [0.3, 0.4) is 0 Å². The van der Waals surface area contributed by atoms with Crippen molar-refractivity contribution in [1.82, 2.24) is 19.9 Å². The highest BCUT2D eigenvalue weighted by Gasteiger charge is 2.23. The predicted molar refractivity (Wildman–Crippen MR) is 128 cm³/mol. The number of hydrogen-bond acceptors (Lipinski definition) is 7. The summed E-state index contributed by atoms with van der Waals surface area (Å²) >= 11 is 0. The van der Waals surface area contributed by atoms with Gasteiger partial charge in [-0.3, -0.25) is 0 Å². The summed E-state index contributed by atoms with van der Waals surface area (Å²) in [5, 5.41) is 21.2. The molecule has 1 aliphatic heterocycles. The lowest BCUT2D eigenvalue weighted by Gasteiger charge is -2.38. The van der Waals surface area contributed by atoms with Crippen LogP contribution >= 0.6 is 0 Å². The van der Waals surface area contributed by atoms with Crippen molar-refractivity contribution in [3.8, 4) is 6.07 Å². The van der Waals surface area contributed by atoms with Gasteiger partial charge in [0.1, 0.15) is 11.9 Å². The van der Waals surface area contributed by atoms with Crippen molar-refractivity contribution in [3.05, 3.63) is 46.8 Å². The Labute approximate surface area is 188 Å². The highest BCUT2D eigenvalue weighted by molar-refractivity contribution is 6.06. The fourth-order valence-corrected chi connectivity index (χ4v) is 4.37. The molecule has 3 heterocycles. The van der Waals surface area contributed by atoms with E-state index in [4.69, 9.17) is 5.73 Å². The molecule has 0 bridgehead atoms. The third kappa shape index (κ3) is 4.09. The van der Waals surface area contributed by atoms with Gasteiger partial charge < -0.3 is 21.3 Å². The maximum absolute atomic E-state index is 9.92. The average Bonchev–Trinajstić information content (AvgIpc) is 3.12. The van der Waals surface area contributed by atoms with Gasteiger partial charge in [0.25, 0.3) is 0 Å². The van der Waals surface area contributed by atoms with Crippen molar-refractivity contribution in [3.63, 3.8) is 0 Å². The number of rotatable bonds is 4. The Balaban J connectivity index is 1.76. The van der Waals surface area contributed by atoms with E-state index in [1.165, 1.54) is 0 Å². The number of benzene rings is 1. The van der Waals surface area contributed by atoms with Gasteiger partial charge in [0.05, 0.1) is 23.0 Å². The number of aromatic nitrogens is 3. The molecule has 1 saturated heterocycles. The van der Waals surface area contributed by atoms with E-state index in [2.05, 4.69) is 50.5 Å². The van der Waals surface area contributed by atoms with Gasteiger partial charge in [0, 0.05) is 43.6 Å². The normalized spacial score (nSPS) is 19.2. The van der Waals surface area contributed by atoms with Crippen LogP contribution in [0.4, 0.5) is 17.2 Å². The first-order chi connectivity index (χ1) is 15.3. The number of nitriles is 1. The molecular formula is C23H29N9. The van der Waals surface area contributed by atoms with Gasteiger partial charge in [0.2, 0.25) is 0 Å². The summed E-state index contributed by atoms with van der Waals surface area (Å²) in [6.45, 7) is 9.95. The molecule has 1 fully saturated rings. The topological polar surface area (TPSA) is 120 Å². The van der Waals surface area contributed by atoms with Gasteiger partial charge in [-0.25, -0.2) is 14.5 Å². The SMILES string of the molecule is CNc1cc(N2CC(C)NC(C)C2)cc(C#N)c1C(N)=Nc1cc(C)c2nc(C)cn2n1. The first kappa shape index (κ1) is 21.6. The number of aryl methyl sites for hydroxylation is 2.